The molecule has 3 fully saturated rings. The van der Waals surface area contributed by atoms with Crippen molar-refractivity contribution in [2.24, 2.45) is 23.0 Å². The van der Waals surface area contributed by atoms with Gasteiger partial charge in [0.05, 0.1) is 18.7 Å². The number of carbonyl (C=O) groups excluding carboxylic acids is 2. The number of quaternary nitrogens is 1. The number of ether oxygens (including phenoxy) is 4. The number of fused-ring (bicyclic) bond motifs is 2. The summed E-state index contributed by atoms with van der Waals surface area (Å²) in [6.45, 7) is 8.23. The molecule has 3 aromatic rings. The average molecular weight is 703 g/mol. The fourth-order valence-electron chi connectivity index (χ4n) is 6.68. The smallest absolute Gasteiger partial charge is 0.412 e. The number of rotatable bonds is 12. The highest BCUT2D eigenvalue weighted by atomic mass is 35.5. The fourth-order valence-corrected chi connectivity index (χ4v) is 7.70. The van der Waals surface area contributed by atoms with Crippen LogP contribution in [0.15, 0.2) is 23.6 Å². The molecule has 0 bridgehead atoms. The van der Waals surface area contributed by atoms with E-state index in [0.717, 1.165) is 18.5 Å². The largest absolute Gasteiger partial charge is 0.611 e. The summed E-state index contributed by atoms with van der Waals surface area (Å²) in [5.74, 6) is 1.54. The van der Waals surface area contributed by atoms with E-state index in [9.17, 15) is 14.8 Å². The van der Waals surface area contributed by atoms with Crippen LogP contribution in [-0.2, 0) is 14.3 Å². The molecule has 1 saturated heterocycles. The van der Waals surface area contributed by atoms with E-state index in [0.29, 0.717) is 63.2 Å². The normalized spacial score (nSPS) is 25.0. The van der Waals surface area contributed by atoms with Crippen molar-refractivity contribution < 1.29 is 33.7 Å². The predicted molar refractivity (Wildman–Crippen MR) is 180 cm³/mol. The van der Waals surface area contributed by atoms with E-state index in [1.54, 1.807) is 19.2 Å². The SMILES string of the molecule is COCCOc1ccc2c(O[C@@H]3C[C@@H](C(N)=O)N([NH+]([O-])[C@@H](NC(=O)OC4C[C@@H]5C[C@@H]5C4)C(C)(C)C)C3)cc(-c3nc(C)cs3)nc2c1Cl. The van der Waals surface area contributed by atoms with Gasteiger partial charge in [0, 0.05) is 41.5 Å². The molecule has 2 amide bonds. The molecule has 0 spiro atoms. The maximum absolute atomic E-state index is 14.1. The lowest BCUT2D eigenvalue weighted by Gasteiger charge is -2.44. The summed E-state index contributed by atoms with van der Waals surface area (Å²) in [6.07, 6.45) is 0.764. The van der Waals surface area contributed by atoms with E-state index in [-0.39, 0.29) is 19.1 Å². The van der Waals surface area contributed by atoms with E-state index < -0.39 is 40.9 Å². The number of primary amides is 1. The molecular formula is C33H43ClN6O7S. The number of aryl methyl sites for hydroxylation is 1. The van der Waals surface area contributed by atoms with Gasteiger partial charge >= 0.3 is 6.09 Å². The maximum atomic E-state index is 14.1. The third-order valence-electron chi connectivity index (χ3n) is 9.25. The molecule has 7 atom stereocenters. The highest BCUT2D eigenvalue weighted by molar-refractivity contribution is 7.13. The van der Waals surface area contributed by atoms with Crippen LogP contribution in [0, 0.1) is 29.4 Å². The lowest BCUT2D eigenvalue weighted by atomic mass is 9.92. The number of thiazole rings is 1. The standard InChI is InChI=1S/C33H43ClN6O7S/c1-17-16-48-30(36-17)23-14-26(22-6-7-25(45-9-8-44-5)27(34)28(22)37-23)46-21-13-24(29(35)41)39(15-21)40(43)31(33(2,3)4)38-32(42)47-20-11-18-10-19(18)12-20/h6-7,14,16,18-21,24,31,40H,8-13,15H2,1-5H3,(H2,35,41)(H,38,42)/t18-,19+,20?,21-,24+,31-/m1/s1. The van der Waals surface area contributed by atoms with Gasteiger partial charge in [0.15, 0.2) is 6.17 Å². The first-order chi connectivity index (χ1) is 22.8. The first-order valence-electron chi connectivity index (χ1n) is 16.2. The summed E-state index contributed by atoms with van der Waals surface area (Å²) in [6, 6.07) is 4.40. The number of pyridine rings is 1. The number of nitrogens with two attached hydrogens (primary N) is 1. The third-order valence-corrected chi connectivity index (χ3v) is 10.6. The second-order valence-corrected chi connectivity index (χ2v) is 15.2. The van der Waals surface area contributed by atoms with Crippen LogP contribution in [0.1, 0.15) is 52.1 Å². The van der Waals surface area contributed by atoms with Crippen LogP contribution in [-0.4, -0.2) is 78.3 Å². The van der Waals surface area contributed by atoms with E-state index >= 15 is 0 Å². The number of hydrogen-bond acceptors (Lipinski definition) is 11. The maximum Gasteiger partial charge on any atom is 0.412 e. The molecule has 48 heavy (non-hydrogen) atoms. The Kier molecular flexibility index (Phi) is 10.0. The molecule has 15 heteroatoms. The van der Waals surface area contributed by atoms with Gasteiger partial charge in [-0.15, -0.1) is 16.3 Å². The quantitative estimate of drug-likeness (QED) is 0.143. The lowest BCUT2D eigenvalue weighted by molar-refractivity contribution is -1.00. The molecule has 3 aliphatic rings. The molecule has 2 aromatic heterocycles. The van der Waals surface area contributed by atoms with Crippen molar-refractivity contribution in [2.45, 2.75) is 77.8 Å². The molecule has 1 aliphatic heterocycles. The van der Waals surface area contributed by atoms with Gasteiger partial charge in [-0.05, 0) is 50.2 Å². The molecule has 4 N–H and O–H groups in total. The molecule has 0 radical (unpaired) electrons. The number of amides is 2. The van der Waals surface area contributed by atoms with Gasteiger partial charge in [-0.3, -0.25) is 15.3 Å². The minimum absolute atomic E-state index is 0.0726. The monoisotopic (exact) mass is 702 g/mol. The first-order valence-corrected chi connectivity index (χ1v) is 17.5. The Morgan fingerprint density at radius 1 is 1.15 bits per heavy atom. The van der Waals surface area contributed by atoms with Crippen molar-refractivity contribution >= 4 is 45.8 Å². The highest BCUT2D eigenvalue weighted by Crippen LogP contribution is 2.52. The van der Waals surface area contributed by atoms with Crippen LogP contribution in [0.5, 0.6) is 11.5 Å². The number of alkyl carbamates (subject to hydrolysis) is 1. The number of benzene rings is 1. The number of halogens is 1. The Morgan fingerprint density at radius 3 is 2.54 bits per heavy atom. The lowest BCUT2D eigenvalue weighted by Crippen LogP contribution is -3.21. The van der Waals surface area contributed by atoms with Crippen molar-refractivity contribution in [3.63, 3.8) is 0 Å². The number of nitrogens with zero attached hydrogens (tertiary/aromatic N) is 3. The van der Waals surface area contributed by atoms with Crippen molar-refractivity contribution in [3.8, 4) is 22.2 Å². The van der Waals surface area contributed by atoms with Gasteiger partial charge in [0.1, 0.15) is 52.1 Å². The third kappa shape index (κ3) is 7.48. The molecule has 2 aliphatic carbocycles. The van der Waals surface area contributed by atoms with Crippen molar-refractivity contribution in [1.29, 1.82) is 0 Å². The van der Waals surface area contributed by atoms with Crippen LogP contribution >= 0.6 is 22.9 Å². The number of hydrogen-bond donors (Lipinski definition) is 3. The molecule has 2 unspecified atom stereocenters. The van der Waals surface area contributed by atoms with E-state index in [4.69, 9.17) is 41.3 Å². The van der Waals surface area contributed by atoms with Crippen LogP contribution in [0.4, 0.5) is 4.79 Å². The summed E-state index contributed by atoms with van der Waals surface area (Å²) in [4.78, 5) is 35.1. The molecular weight excluding hydrogens is 660 g/mol. The molecule has 13 nitrogen and oxygen atoms in total. The summed E-state index contributed by atoms with van der Waals surface area (Å²) < 4.78 is 23.2. The number of methoxy groups -OCH3 is 1. The van der Waals surface area contributed by atoms with E-state index in [1.165, 1.54) is 22.8 Å². The average Bonchev–Trinajstić information content (AvgIpc) is 3.35. The summed E-state index contributed by atoms with van der Waals surface area (Å²) in [5.41, 5.74) is 7.02. The van der Waals surface area contributed by atoms with Crippen LogP contribution in [0.3, 0.4) is 0 Å². The summed E-state index contributed by atoms with van der Waals surface area (Å²) in [7, 11) is 1.59. The second-order valence-electron chi connectivity index (χ2n) is 14.0. The Hall–Kier alpha value is -3.27. The fraction of sp³-hybridized carbons (Fsp3) is 0.576. The molecule has 1 aromatic carbocycles. The highest BCUT2D eigenvalue weighted by Gasteiger charge is 2.49. The summed E-state index contributed by atoms with van der Waals surface area (Å²) in [5, 5.41) is 21.4. The Bertz CT molecular complexity index is 1660. The van der Waals surface area contributed by atoms with Crippen molar-refractivity contribution in [1.82, 2.24) is 20.3 Å². The van der Waals surface area contributed by atoms with E-state index in [1.807, 2.05) is 39.1 Å². The van der Waals surface area contributed by atoms with Crippen molar-refractivity contribution in [2.75, 3.05) is 26.9 Å². The predicted octanol–water partition coefficient (Wildman–Crippen LogP) is 3.85. The molecule has 260 valence electrons. The van der Waals surface area contributed by atoms with Crippen molar-refractivity contribution in [3.05, 3.63) is 39.5 Å². The Labute approximate surface area is 288 Å². The van der Waals surface area contributed by atoms with E-state index in [2.05, 4.69) is 10.3 Å². The van der Waals surface area contributed by atoms with Crippen LogP contribution in [0.25, 0.3) is 21.6 Å². The number of carbonyl (C=O) groups is 2. The zero-order valence-electron chi connectivity index (χ0n) is 27.8. The van der Waals surface area contributed by atoms with Gasteiger partial charge in [0.2, 0.25) is 5.91 Å². The Balaban J connectivity index is 1.25. The Morgan fingerprint density at radius 2 is 1.90 bits per heavy atom. The number of aromatic nitrogens is 2. The molecule has 3 heterocycles. The van der Waals surface area contributed by atoms with Gasteiger partial charge in [0.25, 0.3) is 0 Å². The molecule has 6 rings (SSSR count). The van der Waals surface area contributed by atoms with Crippen LogP contribution < -0.4 is 25.7 Å². The first kappa shape index (κ1) is 34.6. The van der Waals surface area contributed by atoms with Gasteiger partial charge < -0.3 is 29.9 Å². The minimum Gasteiger partial charge on any atom is -0.611 e. The van der Waals surface area contributed by atoms with Crippen LogP contribution in [0.2, 0.25) is 5.02 Å². The second kappa shape index (κ2) is 13.9. The van der Waals surface area contributed by atoms with Gasteiger partial charge in [-0.2, -0.15) is 0 Å². The number of nitrogens with one attached hydrogen (secondary N) is 2. The topological polar surface area (TPSA) is 166 Å². The molecule has 2 saturated carbocycles. The minimum atomic E-state index is -0.960. The van der Waals surface area contributed by atoms with Gasteiger partial charge in [-0.25, -0.2) is 14.8 Å². The zero-order valence-corrected chi connectivity index (χ0v) is 29.4. The zero-order chi connectivity index (χ0) is 34.3. The number of hydroxylamine groups is 1. The van der Waals surface area contributed by atoms with Gasteiger partial charge in [-0.1, -0.05) is 32.4 Å². The summed E-state index contributed by atoms with van der Waals surface area (Å²) >= 11 is 8.27.